The zero-order valence-electron chi connectivity index (χ0n) is 10.1. The molecule has 0 spiro atoms. The molecule has 0 saturated heterocycles. The van der Waals surface area contributed by atoms with Crippen molar-refractivity contribution in [3.05, 3.63) is 35.4 Å². The van der Waals surface area contributed by atoms with Crippen molar-refractivity contribution in [2.45, 2.75) is 45.0 Å². The third-order valence-electron chi connectivity index (χ3n) is 2.99. The summed E-state index contributed by atoms with van der Waals surface area (Å²) < 4.78 is 6.35. The number of fused-ring (bicyclic) bond motifs is 1. The standard InChI is InChI=1S/C13H20OSi/c1-13(14-15(2,3)4)10-9-11-7-5-6-8-12(11)13/h5-8H,9-10H2,1-4H3/t13-/m1/s1. The third kappa shape index (κ3) is 2.16. The first kappa shape index (κ1) is 10.9. The molecule has 1 aromatic rings. The van der Waals surface area contributed by atoms with Crippen LogP contribution in [0.15, 0.2) is 24.3 Å². The van der Waals surface area contributed by atoms with Crippen LogP contribution in [-0.2, 0) is 16.4 Å². The van der Waals surface area contributed by atoms with Crippen LogP contribution in [0.2, 0.25) is 19.6 Å². The van der Waals surface area contributed by atoms with Gasteiger partial charge in [-0.15, -0.1) is 0 Å². The summed E-state index contributed by atoms with van der Waals surface area (Å²) in [5.74, 6) is 0. The predicted octanol–water partition coefficient (Wildman–Crippen LogP) is 3.70. The van der Waals surface area contributed by atoms with E-state index < -0.39 is 8.32 Å². The summed E-state index contributed by atoms with van der Waals surface area (Å²) in [6, 6.07) is 8.70. The number of aryl methyl sites for hydroxylation is 1. The van der Waals surface area contributed by atoms with Crippen molar-refractivity contribution < 1.29 is 4.43 Å². The van der Waals surface area contributed by atoms with Gasteiger partial charge in [-0.25, -0.2) is 0 Å². The zero-order chi connectivity index (χ0) is 11.1. The second-order valence-corrected chi connectivity index (χ2v) is 10.0. The fraction of sp³-hybridized carbons (Fsp3) is 0.538. The molecule has 0 fully saturated rings. The van der Waals surface area contributed by atoms with Crippen molar-refractivity contribution in [1.29, 1.82) is 0 Å². The summed E-state index contributed by atoms with van der Waals surface area (Å²) in [6.07, 6.45) is 2.30. The van der Waals surface area contributed by atoms with Gasteiger partial charge in [0.05, 0.1) is 5.60 Å². The Bertz CT molecular complexity index is 367. The van der Waals surface area contributed by atoms with Crippen LogP contribution < -0.4 is 0 Å². The van der Waals surface area contributed by atoms with E-state index in [2.05, 4.69) is 50.8 Å². The minimum Gasteiger partial charge on any atom is -0.408 e. The van der Waals surface area contributed by atoms with E-state index in [4.69, 9.17) is 4.43 Å². The maximum absolute atomic E-state index is 6.35. The predicted molar refractivity (Wildman–Crippen MR) is 66.5 cm³/mol. The van der Waals surface area contributed by atoms with Gasteiger partial charge in [0.15, 0.2) is 8.32 Å². The molecule has 0 unspecified atom stereocenters. The second-order valence-electron chi connectivity index (χ2n) is 5.60. The fourth-order valence-corrected chi connectivity index (χ4v) is 4.11. The molecule has 1 aromatic carbocycles. The van der Waals surface area contributed by atoms with Gasteiger partial charge in [0.2, 0.25) is 0 Å². The van der Waals surface area contributed by atoms with E-state index in [9.17, 15) is 0 Å². The smallest absolute Gasteiger partial charge is 0.184 e. The van der Waals surface area contributed by atoms with Crippen LogP contribution in [0.5, 0.6) is 0 Å². The number of rotatable bonds is 2. The summed E-state index contributed by atoms with van der Waals surface area (Å²) >= 11 is 0. The lowest BCUT2D eigenvalue weighted by atomic mass is 9.99. The van der Waals surface area contributed by atoms with E-state index in [1.54, 1.807) is 0 Å². The van der Waals surface area contributed by atoms with Crippen molar-refractivity contribution in [3.63, 3.8) is 0 Å². The Hall–Kier alpha value is -0.603. The van der Waals surface area contributed by atoms with Crippen LogP contribution in [0.3, 0.4) is 0 Å². The second kappa shape index (κ2) is 3.46. The Balaban J connectivity index is 2.33. The monoisotopic (exact) mass is 220 g/mol. The van der Waals surface area contributed by atoms with Crippen molar-refractivity contribution >= 4 is 8.32 Å². The molecule has 15 heavy (non-hydrogen) atoms. The summed E-state index contributed by atoms with van der Waals surface area (Å²) in [5, 5.41) is 0. The van der Waals surface area contributed by atoms with Gasteiger partial charge in [0.1, 0.15) is 0 Å². The largest absolute Gasteiger partial charge is 0.408 e. The molecule has 0 N–H and O–H groups in total. The molecule has 0 saturated carbocycles. The highest BCUT2D eigenvalue weighted by atomic mass is 28.4. The van der Waals surface area contributed by atoms with E-state index in [1.807, 2.05) is 0 Å². The molecule has 0 aromatic heterocycles. The van der Waals surface area contributed by atoms with Gasteiger partial charge in [-0.2, -0.15) is 0 Å². The average molecular weight is 220 g/mol. The average Bonchev–Trinajstić information content (AvgIpc) is 2.42. The molecule has 0 amide bonds. The molecule has 0 aliphatic heterocycles. The first-order valence-corrected chi connectivity index (χ1v) is 9.10. The van der Waals surface area contributed by atoms with Gasteiger partial charge in [0, 0.05) is 0 Å². The lowest BCUT2D eigenvalue weighted by Crippen LogP contribution is -2.37. The molecule has 2 heteroatoms. The quantitative estimate of drug-likeness (QED) is 0.691. The zero-order valence-corrected chi connectivity index (χ0v) is 11.1. The number of hydrogen-bond acceptors (Lipinski definition) is 1. The Kier molecular flexibility index (Phi) is 2.51. The lowest BCUT2D eigenvalue weighted by molar-refractivity contribution is 0.0805. The first-order chi connectivity index (χ1) is 6.91. The lowest BCUT2D eigenvalue weighted by Gasteiger charge is -2.33. The van der Waals surface area contributed by atoms with Crippen LogP contribution in [-0.4, -0.2) is 8.32 Å². The number of benzene rings is 1. The van der Waals surface area contributed by atoms with Gasteiger partial charge in [-0.05, 0) is 50.5 Å². The highest BCUT2D eigenvalue weighted by Gasteiger charge is 2.38. The summed E-state index contributed by atoms with van der Waals surface area (Å²) in [7, 11) is -1.46. The third-order valence-corrected chi connectivity index (χ3v) is 4.05. The van der Waals surface area contributed by atoms with Crippen molar-refractivity contribution in [2.75, 3.05) is 0 Å². The Morgan fingerprint density at radius 1 is 1.20 bits per heavy atom. The maximum Gasteiger partial charge on any atom is 0.184 e. The van der Waals surface area contributed by atoms with Gasteiger partial charge in [0.25, 0.3) is 0 Å². The van der Waals surface area contributed by atoms with Crippen LogP contribution in [0.25, 0.3) is 0 Å². The molecule has 82 valence electrons. The van der Waals surface area contributed by atoms with Gasteiger partial charge < -0.3 is 4.43 Å². The molecular formula is C13H20OSi. The summed E-state index contributed by atoms with van der Waals surface area (Å²) in [5.41, 5.74) is 2.85. The highest BCUT2D eigenvalue weighted by molar-refractivity contribution is 6.69. The van der Waals surface area contributed by atoms with Crippen LogP contribution in [0.4, 0.5) is 0 Å². The first-order valence-electron chi connectivity index (χ1n) is 5.69. The van der Waals surface area contributed by atoms with E-state index in [-0.39, 0.29) is 5.60 Å². The normalized spacial score (nSPS) is 25.3. The number of hydrogen-bond donors (Lipinski definition) is 0. The summed E-state index contributed by atoms with van der Waals surface area (Å²) in [4.78, 5) is 0. The molecule has 1 atom stereocenters. The van der Waals surface area contributed by atoms with Crippen LogP contribution >= 0.6 is 0 Å². The maximum atomic E-state index is 6.35. The SMILES string of the molecule is C[C@@]1(O[Si](C)(C)C)CCc2ccccc21. The molecule has 1 aliphatic carbocycles. The minimum atomic E-state index is -1.46. The van der Waals surface area contributed by atoms with Crippen molar-refractivity contribution in [1.82, 2.24) is 0 Å². The molecule has 1 nitrogen and oxygen atoms in total. The topological polar surface area (TPSA) is 9.23 Å². The van der Waals surface area contributed by atoms with E-state index in [0.29, 0.717) is 0 Å². The molecule has 2 rings (SSSR count). The summed E-state index contributed by atoms with van der Waals surface area (Å²) in [6.45, 7) is 9.04. The Labute approximate surface area is 93.6 Å². The Morgan fingerprint density at radius 2 is 1.87 bits per heavy atom. The van der Waals surface area contributed by atoms with E-state index in [0.717, 1.165) is 12.8 Å². The minimum absolute atomic E-state index is 0.0267. The van der Waals surface area contributed by atoms with Crippen molar-refractivity contribution in [3.8, 4) is 0 Å². The van der Waals surface area contributed by atoms with E-state index >= 15 is 0 Å². The fourth-order valence-electron chi connectivity index (χ4n) is 2.54. The van der Waals surface area contributed by atoms with Gasteiger partial charge >= 0.3 is 0 Å². The molecular weight excluding hydrogens is 200 g/mol. The highest BCUT2D eigenvalue weighted by Crippen LogP contribution is 2.41. The van der Waals surface area contributed by atoms with Gasteiger partial charge in [-0.1, -0.05) is 24.3 Å². The van der Waals surface area contributed by atoms with E-state index in [1.165, 1.54) is 11.1 Å². The van der Waals surface area contributed by atoms with Crippen LogP contribution in [0.1, 0.15) is 24.5 Å². The van der Waals surface area contributed by atoms with Gasteiger partial charge in [-0.3, -0.25) is 0 Å². The molecule has 1 aliphatic rings. The molecule has 0 radical (unpaired) electrons. The molecule has 0 bridgehead atoms. The molecule has 0 heterocycles. The Morgan fingerprint density at radius 3 is 2.53 bits per heavy atom. The van der Waals surface area contributed by atoms with Crippen LogP contribution in [0, 0.1) is 0 Å². The van der Waals surface area contributed by atoms with Crippen molar-refractivity contribution in [2.24, 2.45) is 0 Å².